The lowest BCUT2D eigenvalue weighted by molar-refractivity contribution is -0.106. The highest BCUT2D eigenvalue weighted by atomic mass is 16.1. The van der Waals surface area contributed by atoms with Gasteiger partial charge in [0.05, 0.1) is 0 Å². The van der Waals surface area contributed by atoms with Crippen molar-refractivity contribution in [2.24, 2.45) is 0 Å². The largest absolute Gasteiger partial charge is 0.304 e. The monoisotopic (exact) mass is 242 g/mol. The highest BCUT2D eigenvalue weighted by Gasteiger charge is 2.07. The van der Waals surface area contributed by atoms with Crippen molar-refractivity contribution in [1.82, 2.24) is 0 Å². The Balaban J connectivity index is 0.000000873. The summed E-state index contributed by atoms with van der Waals surface area (Å²) in [6.45, 7) is 6.99. The van der Waals surface area contributed by atoms with E-state index >= 15 is 0 Å². The Kier molecular flexibility index (Phi) is 8.74. The van der Waals surface area contributed by atoms with Gasteiger partial charge in [-0.05, 0) is 13.8 Å². The number of ketones is 1. The van der Waals surface area contributed by atoms with E-state index in [-0.39, 0.29) is 5.78 Å². The molecule has 0 aromatic heterocycles. The number of rotatable bonds is 4. The van der Waals surface area contributed by atoms with E-state index in [1.54, 1.807) is 24.3 Å². The molecule has 0 radical (unpaired) electrons. The van der Waals surface area contributed by atoms with E-state index in [0.717, 1.165) is 6.29 Å². The van der Waals surface area contributed by atoms with Crippen LogP contribution in [0.4, 0.5) is 0 Å². The molecule has 0 unspecified atom stereocenters. The molecule has 2 heteroatoms. The maximum atomic E-state index is 11.9. The van der Waals surface area contributed by atoms with Gasteiger partial charge in [-0.25, -0.2) is 0 Å². The van der Waals surface area contributed by atoms with Crippen molar-refractivity contribution in [2.75, 3.05) is 0 Å². The summed E-state index contributed by atoms with van der Waals surface area (Å²) in [7, 11) is 0. The van der Waals surface area contributed by atoms with Gasteiger partial charge in [0, 0.05) is 11.1 Å². The molecule has 2 nitrogen and oxygen atoms in total. The van der Waals surface area contributed by atoms with Crippen LogP contribution in [0.3, 0.4) is 0 Å². The van der Waals surface area contributed by atoms with Crippen LogP contribution in [-0.2, 0) is 4.79 Å². The number of allylic oxidation sites excluding steroid dienone is 5. The normalized spacial score (nSPS) is 10.4. The van der Waals surface area contributed by atoms with E-state index in [0.29, 0.717) is 11.1 Å². The lowest BCUT2D eigenvalue weighted by Gasteiger charge is -1.99. The third-order valence-corrected chi connectivity index (χ3v) is 1.99. The van der Waals surface area contributed by atoms with Gasteiger partial charge in [0.1, 0.15) is 6.29 Å². The zero-order valence-electron chi connectivity index (χ0n) is 10.8. The maximum Gasteiger partial charge on any atom is 0.192 e. The molecule has 0 aliphatic carbocycles. The second-order valence-electron chi connectivity index (χ2n) is 3.28. The molecule has 0 heterocycles. The number of Topliss-reactive ketones (excluding diaryl/α,β-unsaturated/α-hetero) is 1. The Bertz CT molecular complexity index is 439. The van der Waals surface area contributed by atoms with Gasteiger partial charge >= 0.3 is 0 Å². The van der Waals surface area contributed by atoms with E-state index in [1.807, 2.05) is 37.3 Å². The molecule has 1 aromatic rings. The number of hydrogen-bond donors (Lipinski definition) is 0. The van der Waals surface area contributed by atoms with Gasteiger partial charge < -0.3 is 4.79 Å². The van der Waals surface area contributed by atoms with E-state index in [9.17, 15) is 4.79 Å². The van der Waals surface area contributed by atoms with Crippen LogP contribution in [0.1, 0.15) is 24.2 Å². The summed E-state index contributed by atoms with van der Waals surface area (Å²) in [5.41, 5.74) is 1.30. The molecule has 18 heavy (non-hydrogen) atoms. The van der Waals surface area contributed by atoms with Crippen molar-refractivity contribution in [1.29, 1.82) is 0 Å². The van der Waals surface area contributed by atoms with Crippen LogP contribution in [0, 0.1) is 0 Å². The Labute approximate surface area is 108 Å². The summed E-state index contributed by atoms with van der Waals surface area (Å²) in [5.74, 6) is 0.00343. The summed E-state index contributed by atoms with van der Waals surface area (Å²) in [6.07, 6.45) is 7.80. The van der Waals surface area contributed by atoms with Crippen molar-refractivity contribution in [2.45, 2.75) is 13.8 Å². The molecule has 0 fully saturated rings. The summed E-state index contributed by atoms with van der Waals surface area (Å²) in [6, 6.07) is 9.19. The zero-order chi connectivity index (χ0) is 13.8. The molecule has 0 bridgehead atoms. The molecular formula is C16H18O2. The van der Waals surface area contributed by atoms with Gasteiger partial charge in [0.2, 0.25) is 0 Å². The summed E-state index contributed by atoms with van der Waals surface area (Å²) < 4.78 is 0. The van der Waals surface area contributed by atoms with Crippen LogP contribution in [0.2, 0.25) is 0 Å². The van der Waals surface area contributed by atoms with Crippen molar-refractivity contribution >= 4 is 12.1 Å². The van der Waals surface area contributed by atoms with Gasteiger partial charge in [0.25, 0.3) is 0 Å². The molecule has 0 saturated carbocycles. The zero-order valence-corrected chi connectivity index (χ0v) is 10.8. The third kappa shape index (κ3) is 5.75. The molecular weight excluding hydrogens is 224 g/mol. The summed E-state index contributed by atoms with van der Waals surface area (Å²) in [4.78, 5) is 20.7. The molecule has 0 amide bonds. The topological polar surface area (TPSA) is 34.1 Å². The highest BCUT2D eigenvalue weighted by Crippen LogP contribution is 2.09. The number of carbonyl (C=O) groups is 2. The second kappa shape index (κ2) is 9.97. The SMILES string of the molecule is C=C/C(=C\C=C/C)C(=O)c1ccccc1.CC=O. The van der Waals surface area contributed by atoms with Gasteiger partial charge in [0.15, 0.2) is 5.78 Å². The lowest BCUT2D eigenvalue weighted by Crippen LogP contribution is -2.00. The van der Waals surface area contributed by atoms with E-state index in [2.05, 4.69) is 6.58 Å². The number of aldehydes is 1. The van der Waals surface area contributed by atoms with Crippen molar-refractivity contribution in [3.8, 4) is 0 Å². The predicted molar refractivity (Wildman–Crippen MR) is 75.6 cm³/mol. The fourth-order valence-corrected chi connectivity index (χ4v) is 1.19. The van der Waals surface area contributed by atoms with Crippen molar-refractivity contribution < 1.29 is 9.59 Å². The van der Waals surface area contributed by atoms with Crippen LogP contribution in [0.5, 0.6) is 0 Å². The fraction of sp³-hybridized carbons (Fsp3) is 0.125. The minimum atomic E-state index is 0.00343. The number of hydrogen-bond acceptors (Lipinski definition) is 2. The Hall–Kier alpha value is -2.22. The van der Waals surface area contributed by atoms with Gasteiger partial charge in [-0.1, -0.05) is 61.2 Å². The smallest absolute Gasteiger partial charge is 0.192 e. The van der Waals surface area contributed by atoms with Crippen LogP contribution < -0.4 is 0 Å². The van der Waals surface area contributed by atoms with E-state index in [4.69, 9.17) is 4.79 Å². The molecule has 1 aromatic carbocycles. The molecule has 94 valence electrons. The quantitative estimate of drug-likeness (QED) is 0.348. The molecule has 0 spiro atoms. The molecule has 0 N–H and O–H groups in total. The van der Waals surface area contributed by atoms with Crippen LogP contribution in [0.15, 0.2) is 66.8 Å². The van der Waals surface area contributed by atoms with E-state index in [1.165, 1.54) is 6.92 Å². The van der Waals surface area contributed by atoms with E-state index < -0.39 is 0 Å². The van der Waals surface area contributed by atoms with Gasteiger partial charge in [-0.15, -0.1) is 0 Å². The summed E-state index contributed by atoms with van der Waals surface area (Å²) >= 11 is 0. The first-order valence-corrected chi connectivity index (χ1v) is 5.66. The van der Waals surface area contributed by atoms with Crippen LogP contribution in [-0.4, -0.2) is 12.1 Å². The Morgan fingerprint density at radius 1 is 1.17 bits per heavy atom. The third-order valence-electron chi connectivity index (χ3n) is 1.99. The van der Waals surface area contributed by atoms with Crippen molar-refractivity contribution in [3.05, 3.63) is 72.4 Å². The maximum absolute atomic E-state index is 11.9. The van der Waals surface area contributed by atoms with Gasteiger partial charge in [-0.3, -0.25) is 4.79 Å². The second-order valence-corrected chi connectivity index (χ2v) is 3.28. The summed E-state index contributed by atoms with van der Waals surface area (Å²) in [5, 5.41) is 0. The van der Waals surface area contributed by atoms with Crippen LogP contribution >= 0.6 is 0 Å². The molecule has 1 rings (SSSR count). The molecule has 0 saturated heterocycles. The fourth-order valence-electron chi connectivity index (χ4n) is 1.19. The highest BCUT2D eigenvalue weighted by molar-refractivity contribution is 6.10. The Morgan fingerprint density at radius 3 is 2.17 bits per heavy atom. The number of benzene rings is 1. The average Bonchev–Trinajstić information content (AvgIpc) is 2.41. The standard InChI is InChI=1S/C14H14O.C2H4O/c1-3-5-9-12(4-2)14(15)13-10-7-6-8-11-13;1-2-3/h3-11H,2H2,1H3;2H,1H3/b5-3-,12-9+;. The van der Waals surface area contributed by atoms with Gasteiger partial charge in [-0.2, -0.15) is 0 Å². The number of carbonyl (C=O) groups excluding carboxylic acids is 2. The predicted octanol–water partition coefficient (Wildman–Crippen LogP) is 3.76. The molecule has 0 aliphatic heterocycles. The van der Waals surface area contributed by atoms with Crippen LogP contribution in [0.25, 0.3) is 0 Å². The van der Waals surface area contributed by atoms with Crippen molar-refractivity contribution in [3.63, 3.8) is 0 Å². The molecule has 0 aliphatic rings. The minimum absolute atomic E-state index is 0.00343. The first-order chi connectivity index (χ1) is 8.71. The first-order valence-electron chi connectivity index (χ1n) is 5.66. The Morgan fingerprint density at radius 2 is 1.72 bits per heavy atom. The first kappa shape index (κ1) is 15.8. The lowest BCUT2D eigenvalue weighted by atomic mass is 10.0. The minimum Gasteiger partial charge on any atom is -0.304 e. The average molecular weight is 242 g/mol. The molecule has 0 atom stereocenters.